The second-order valence-electron chi connectivity index (χ2n) is 6.50. The number of likely N-dealkylation sites (N-methyl/N-ethyl adjacent to an activating group) is 1. The molecule has 1 amide bonds. The molecule has 0 bridgehead atoms. The normalized spacial score (nSPS) is 12.7. The van der Waals surface area contributed by atoms with Gasteiger partial charge in [-0.2, -0.15) is 0 Å². The number of anilines is 1. The molecule has 1 atom stereocenters. The first-order valence-electron chi connectivity index (χ1n) is 7.33. The summed E-state index contributed by atoms with van der Waals surface area (Å²) in [7, 11) is 1.87. The molecule has 2 N–H and O–H groups in total. The van der Waals surface area contributed by atoms with Crippen LogP contribution in [0.25, 0.3) is 0 Å². The van der Waals surface area contributed by atoms with Gasteiger partial charge in [-0.05, 0) is 29.2 Å². The van der Waals surface area contributed by atoms with Crippen molar-refractivity contribution in [1.29, 1.82) is 0 Å². The summed E-state index contributed by atoms with van der Waals surface area (Å²) in [5.41, 5.74) is 8.68. The van der Waals surface area contributed by atoms with E-state index in [1.54, 1.807) is 12.4 Å². The van der Waals surface area contributed by atoms with Crippen molar-refractivity contribution in [3.05, 3.63) is 59.9 Å². The SMILES string of the molecule is CN(c1ccc(C(C)(C)C)cc1)C(C(N)=O)c1cccnc1. The van der Waals surface area contributed by atoms with E-state index in [1.165, 1.54) is 5.56 Å². The Hall–Kier alpha value is -2.36. The first-order chi connectivity index (χ1) is 10.3. The summed E-state index contributed by atoms with van der Waals surface area (Å²) in [5.74, 6) is -0.393. The van der Waals surface area contributed by atoms with Gasteiger partial charge in [-0.25, -0.2) is 0 Å². The van der Waals surface area contributed by atoms with Crippen LogP contribution in [0.2, 0.25) is 0 Å². The van der Waals surface area contributed by atoms with Crippen molar-refractivity contribution in [3.63, 3.8) is 0 Å². The number of carbonyl (C=O) groups is 1. The van der Waals surface area contributed by atoms with Crippen LogP contribution in [0.15, 0.2) is 48.8 Å². The van der Waals surface area contributed by atoms with E-state index in [4.69, 9.17) is 5.73 Å². The minimum atomic E-state index is -0.533. The highest BCUT2D eigenvalue weighted by molar-refractivity contribution is 5.85. The van der Waals surface area contributed by atoms with Crippen LogP contribution in [0.1, 0.15) is 37.9 Å². The highest BCUT2D eigenvalue weighted by Gasteiger charge is 2.24. The zero-order chi connectivity index (χ0) is 16.3. The number of aromatic nitrogens is 1. The predicted molar refractivity (Wildman–Crippen MR) is 89.7 cm³/mol. The van der Waals surface area contributed by atoms with Crippen LogP contribution >= 0.6 is 0 Å². The summed E-state index contributed by atoms with van der Waals surface area (Å²) in [6, 6.07) is 11.4. The number of nitrogens with zero attached hydrogens (tertiary/aromatic N) is 2. The molecule has 2 aromatic rings. The molecule has 1 aromatic carbocycles. The maximum absolute atomic E-state index is 11.9. The zero-order valence-corrected chi connectivity index (χ0v) is 13.6. The van der Waals surface area contributed by atoms with Crippen LogP contribution in [-0.4, -0.2) is 17.9 Å². The minimum absolute atomic E-state index is 0.101. The molecule has 116 valence electrons. The van der Waals surface area contributed by atoms with Crippen LogP contribution in [0.4, 0.5) is 5.69 Å². The second-order valence-corrected chi connectivity index (χ2v) is 6.50. The van der Waals surface area contributed by atoms with Crippen LogP contribution in [0, 0.1) is 0 Å². The fourth-order valence-electron chi connectivity index (χ4n) is 2.46. The molecule has 1 heterocycles. The molecule has 4 nitrogen and oxygen atoms in total. The van der Waals surface area contributed by atoms with Crippen LogP contribution in [0.5, 0.6) is 0 Å². The number of primary amides is 1. The molecule has 0 saturated heterocycles. The number of carbonyl (C=O) groups excluding carboxylic acids is 1. The molecule has 0 aliphatic heterocycles. The molecule has 0 saturated carbocycles. The van der Waals surface area contributed by atoms with Crippen LogP contribution < -0.4 is 10.6 Å². The third-order valence-corrected chi connectivity index (χ3v) is 3.80. The van der Waals surface area contributed by atoms with Crippen molar-refractivity contribution in [2.24, 2.45) is 5.73 Å². The summed E-state index contributed by atoms with van der Waals surface area (Å²) in [4.78, 5) is 17.9. The Bertz CT molecular complexity index is 630. The van der Waals surface area contributed by atoms with Crippen molar-refractivity contribution in [3.8, 4) is 0 Å². The Morgan fingerprint density at radius 3 is 2.27 bits per heavy atom. The van der Waals surface area contributed by atoms with Crippen molar-refractivity contribution < 1.29 is 4.79 Å². The van der Waals surface area contributed by atoms with E-state index in [0.717, 1.165) is 11.3 Å². The van der Waals surface area contributed by atoms with Gasteiger partial charge in [-0.1, -0.05) is 39.0 Å². The number of rotatable bonds is 4. The summed E-state index contributed by atoms with van der Waals surface area (Å²) in [6.45, 7) is 6.52. The van der Waals surface area contributed by atoms with Gasteiger partial charge in [0.25, 0.3) is 0 Å². The Morgan fingerprint density at radius 2 is 1.82 bits per heavy atom. The molecule has 0 spiro atoms. The highest BCUT2D eigenvalue weighted by Crippen LogP contribution is 2.28. The van der Waals surface area contributed by atoms with Crippen molar-refractivity contribution >= 4 is 11.6 Å². The molecule has 0 fully saturated rings. The quantitative estimate of drug-likeness (QED) is 0.943. The van der Waals surface area contributed by atoms with Gasteiger partial charge in [0.2, 0.25) is 5.91 Å². The Morgan fingerprint density at radius 1 is 1.18 bits per heavy atom. The smallest absolute Gasteiger partial charge is 0.244 e. The van der Waals surface area contributed by atoms with E-state index in [0.29, 0.717) is 0 Å². The van der Waals surface area contributed by atoms with Gasteiger partial charge in [0.15, 0.2) is 0 Å². The van der Waals surface area contributed by atoms with Gasteiger partial charge < -0.3 is 10.6 Å². The lowest BCUT2D eigenvalue weighted by atomic mass is 9.87. The lowest BCUT2D eigenvalue weighted by Gasteiger charge is -2.28. The van der Waals surface area contributed by atoms with Gasteiger partial charge in [0.05, 0.1) is 0 Å². The lowest BCUT2D eigenvalue weighted by molar-refractivity contribution is -0.119. The third kappa shape index (κ3) is 3.45. The first kappa shape index (κ1) is 16.0. The molecular formula is C18H23N3O. The maximum Gasteiger partial charge on any atom is 0.244 e. The molecule has 1 unspecified atom stereocenters. The van der Waals surface area contributed by atoms with E-state index in [9.17, 15) is 4.79 Å². The zero-order valence-electron chi connectivity index (χ0n) is 13.6. The van der Waals surface area contributed by atoms with E-state index < -0.39 is 11.9 Å². The van der Waals surface area contributed by atoms with Crippen molar-refractivity contribution in [2.75, 3.05) is 11.9 Å². The Labute approximate surface area is 132 Å². The number of hydrogen-bond donors (Lipinski definition) is 1. The summed E-state index contributed by atoms with van der Waals surface area (Å²) in [5, 5.41) is 0. The summed E-state index contributed by atoms with van der Waals surface area (Å²) >= 11 is 0. The highest BCUT2D eigenvalue weighted by atomic mass is 16.1. The van der Waals surface area contributed by atoms with Gasteiger partial charge in [0.1, 0.15) is 6.04 Å². The standard InChI is InChI=1S/C18H23N3O/c1-18(2,3)14-7-9-15(10-8-14)21(4)16(17(19)22)13-6-5-11-20-12-13/h5-12,16H,1-4H3,(H2,19,22). The monoisotopic (exact) mass is 297 g/mol. The van der Waals surface area contributed by atoms with E-state index in [-0.39, 0.29) is 5.41 Å². The fraction of sp³-hybridized carbons (Fsp3) is 0.333. The third-order valence-electron chi connectivity index (χ3n) is 3.80. The topological polar surface area (TPSA) is 59.2 Å². The Balaban J connectivity index is 2.32. The first-order valence-corrected chi connectivity index (χ1v) is 7.33. The number of amides is 1. The van der Waals surface area contributed by atoms with Crippen LogP contribution in [-0.2, 0) is 10.2 Å². The molecule has 1 aromatic heterocycles. The molecule has 0 radical (unpaired) electrons. The molecule has 0 aliphatic carbocycles. The molecular weight excluding hydrogens is 274 g/mol. The maximum atomic E-state index is 11.9. The second kappa shape index (κ2) is 6.18. The average Bonchev–Trinajstić information content (AvgIpc) is 2.47. The van der Waals surface area contributed by atoms with E-state index >= 15 is 0 Å². The van der Waals surface area contributed by atoms with Gasteiger partial charge in [-0.3, -0.25) is 9.78 Å². The number of nitrogens with two attached hydrogens (primary N) is 1. The van der Waals surface area contributed by atoms with E-state index in [1.807, 2.05) is 36.2 Å². The number of benzene rings is 1. The van der Waals surface area contributed by atoms with Gasteiger partial charge in [0, 0.05) is 30.7 Å². The number of pyridine rings is 1. The van der Waals surface area contributed by atoms with Crippen molar-refractivity contribution in [1.82, 2.24) is 4.98 Å². The number of hydrogen-bond acceptors (Lipinski definition) is 3. The molecule has 22 heavy (non-hydrogen) atoms. The Kier molecular flexibility index (Phi) is 4.50. The minimum Gasteiger partial charge on any atom is -0.368 e. The molecule has 0 aliphatic rings. The van der Waals surface area contributed by atoms with Crippen molar-refractivity contribution in [2.45, 2.75) is 32.2 Å². The van der Waals surface area contributed by atoms with Gasteiger partial charge >= 0.3 is 0 Å². The fourth-order valence-corrected chi connectivity index (χ4v) is 2.46. The summed E-state index contributed by atoms with van der Waals surface area (Å²) in [6.07, 6.45) is 3.36. The van der Waals surface area contributed by atoms with Crippen LogP contribution in [0.3, 0.4) is 0 Å². The largest absolute Gasteiger partial charge is 0.368 e. The lowest BCUT2D eigenvalue weighted by Crippen LogP contribution is -2.35. The molecule has 4 heteroatoms. The van der Waals surface area contributed by atoms with E-state index in [2.05, 4.69) is 37.9 Å². The molecule has 2 rings (SSSR count). The summed E-state index contributed by atoms with van der Waals surface area (Å²) < 4.78 is 0. The van der Waals surface area contributed by atoms with Gasteiger partial charge in [-0.15, -0.1) is 0 Å². The predicted octanol–water partition coefficient (Wildman–Crippen LogP) is 3.04. The average molecular weight is 297 g/mol.